The molecule has 6 aromatic rings. The average Bonchev–Trinajstić information content (AvgIpc) is 3.48. The van der Waals surface area contributed by atoms with Crippen LogP contribution in [0.3, 0.4) is 0 Å². The van der Waals surface area contributed by atoms with Crippen molar-refractivity contribution in [3.05, 3.63) is 96.4 Å². The second-order valence-corrected chi connectivity index (χ2v) is 10.2. The van der Waals surface area contributed by atoms with Gasteiger partial charge >= 0.3 is 0 Å². The van der Waals surface area contributed by atoms with Crippen LogP contribution in [0.25, 0.3) is 32.7 Å². The van der Waals surface area contributed by atoms with E-state index in [0.29, 0.717) is 12.8 Å². The largest absolute Gasteiger partial charge is 0.497 e. The van der Waals surface area contributed by atoms with E-state index in [-0.39, 0.29) is 11.8 Å². The highest BCUT2D eigenvalue weighted by molar-refractivity contribution is 6.00. The smallest absolute Gasteiger partial charge is 0.224 e. The number of amides is 1. The Balaban J connectivity index is 1.41. The van der Waals surface area contributed by atoms with Crippen molar-refractivity contribution >= 4 is 44.3 Å². The molecule has 3 aromatic heterocycles. The van der Waals surface area contributed by atoms with Crippen LogP contribution < -0.4 is 14.8 Å². The van der Waals surface area contributed by atoms with Gasteiger partial charge in [0, 0.05) is 72.2 Å². The van der Waals surface area contributed by atoms with Crippen molar-refractivity contribution in [3.63, 3.8) is 0 Å². The van der Waals surface area contributed by atoms with Crippen LogP contribution in [0.2, 0.25) is 0 Å². The maximum atomic E-state index is 13.4. The number of benzene rings is 3. The zero-order chi connectivity index (χ0) is 27.8. The summed E-state index contributed by atoms with van der Waals surface area (Å²) in [6.07, 6.45) is 7.07. The molecule has 3 aromatic carbocycles. The Morgan fingerprint density at radius 3 is 2.05 bits per heavy atom. The Labute approximate surface area is 233 Å². The van der Waals surface area contributed by atoms with Gasteiger partial charge in [-0.05, 0) is 66.1 Å². The minimum Gasteiger partial charge on any atom is -0.497 e. The minimum absolute atomic E-state index is 0.0389. The number of aryl methyl sites for hydroxylation is 2. The number of nitrogens with zero attached hydrogens (tertiary/aromatic N) is 3. The van der Waals surface area contributed by atoms with Crippen LogP contribution in [0.15, 0.2) is 85.3 Å². The molecule has 3 heterocycles. The molecular formula is C33H32N4O3. The first kappa shape index (κ1) is 25.5. The van der Waals surface area contributed by atoms with Gasteiger partial charge in [-0.15, -0.1) is 0 Å². The third-order valence-corrected chi connectivity index (χ3v) is 7.77. The maximum absolute atomic E-state index is 13.4. The lowest BCUT2D eigenvalue weighted by atomic mass is 9.86. The zero-order valence-electron chi connectivity index (χ0n) is 23.1. The molecular weight excluding hydrogens is 500 g/mol. The molecule has 1 N–H and O–H groups in total. The van der Waals surface area contributed by atoms with E-state index < -0.39 is 0 Å². The average molecular weight is 533 g/mol. The van der Waals surface area contributed by atoms with Crippen LogP contribution in [-0.4, -0.2) is 34.2 Å². The number of carbonyl (C=O) groups excluding carboxylic acids is 1. The van der Waals surface area contributed by atoms with E-state index in [1.165, 1.54) is 0 Å². The number of carbonyl (C=O) groups is 1. The van der Waals surface area contributed by atoms with Crippen LogP contribution in [0.1, 0.15) is 29.9 Å². The Bertz CT molecular complexity index is 1770. The number of fused-ring (bicyclic) bond motifs is 3. The molecule has 0 aliphatic heterocycles. The monoisotopic (exact) mass is 532 g/mol. The first-order chi connectivity index (χ1) is 19.5. The standard InChI is InChI=1S/C33H32N4O3/c1-36-19-27(25-17-22(39-3)10-13-30(25)36)24(28-20-37(2)31-14-11-23(40-4)18-26(28)31)12-15-32(38)35-29-9-5-7-21-8-6-16-34-33(21)29/h5-11,13-14,16-20,24H,12,15H2,1-4H3,(H,35,38). The van der Waals surface area contributed by atoms with Crippen LogP contribution in [0.5, 0.6) is 11.5 Å². The number of methoxy groups -OCH3 is 2. The van der Waals surface area contributed by atoms with Gasteiger partial charge in [-0.2, -0.15) is 0 Å². The van der Waals surface area contributed by atoms with Crippen molar-refractivity contribution in [1.29, 1.82) is 0 Å². The fourth-order valence-corrected chi connectivity index (χ4v) is 5.78. The summed E-state index contributed by atoms with van der Waals surface area (Å²) in [5.41, 5.74) is 6.06. The quantitative estimate of drug-likeness (QED) is 0.234. The van der Waals surface area contributed by atoms with Crippen molar-refractivity contribution in [2.75, 3.05) is 19.5 Å². The van der Waals surface area contributed by atoms with Crippen molar-refractivity contribution in [3.8, 4) is 11.5 Å². The highest BCUT2D eigenvalue weighted by atomic mass is 16.5. The fraction of sp³-hybridized carbons (Fsp3) is 0.212. The summed E-state index contributed by atoms with van der Waals surface area (Å²) in [6.45, 7) is 0. The minimum atomic E-state index is -0.0428. The number of aromatic nitrogens is 3. The van der Waals surface area contributed by atoms with E-state index >= 15 is 0 Å². The first-order valence-corrected chi connectivity index (χ1v) is 13.4. The van der Waals surface area contributed by atoms with Gasteiger partial charge < -0.3 is 23.9 Å². The third-order valence-electron chi connectivity index (χ3n) is 7.77. The topological polar surface area (TPSA) is 70.3 Å². The van der Waals surface area contributed by atoms with Crippen molar-refractivity contribution < 1.29 is 14.3 Å². The molecule has 0 unspecified atom stereocenters. The molecule has 0 atom stereocenters. The number of rotatable bonds is 8. The number of anilines is 1. The van der Waals surface area contributed by atoms with Gasteiger partial charge in [-0.1, -0.05) is 18.2 Å². The number of para-hydroxylation sites is 1. The molecule has 0 saturated heterocycles. The van der Waals surface area contributed by atoms with E-state index in [0.717, 1.165) is 61.0 Å². The molecule has 0 fully saturated rings. The number of hydrogen-bond donors (Lipinski definition) is 1. The zero-order valence-corrected chi connectivity index (χ0v) is 23.1. The van der Waals surface area contributed by atoms with Crippen LogP contribution in [-0.2, 0) is 18.9 Å². The summed E-state index contributed by atoms with van der Waals surface area (Å²) < 4.78 is 15.4. The first-order valence-electron chi connectivity index (χ1n) is 13.4. The normalized spacial score (nSPS) is 11.5. The lowest BCUT2D eigenvalue weighted by molar-refractivity contribution is -0.116. The Hall–Kier alpha value is -4.78. The lowest BCUT2D eigenvalue weighted by Gasteiger charge is -2.17. The Kier molecular flexibility index (Phi) is 6.64. The Morgan fingerprint density at radius 2 is 1.45 bits per heavy atom. The third kappa shape index (κ3) is 4.53. The highest BCUT2D eigenvalue weighted by Crippen LogP contribution is 2.41. The molecule has 0 aliphatic rings. The van der Waals surface area contributed by atoms with E-state index in [1.807, 2.05) is 42.5 Å². The summed E-state index contributed by atoms with van der Waals surface area (Å²) in [7, 11) is 7.49. The molecule has 0 aliphatic carbocycles. The Morgan fingerprint density at radius 1 is 0.850 bits per heavy atom. The predicted molar refractivity (Wildman–Crippen MR) is 160 cm³/mol. The van der Waals surface area contributed by atoms with Crippen molar-refractivity contribution in [2.45, 2.75) is 18.8 Å². The summed E-state index contributed by atoms with van der Waals surface area (Å²) in [5.74, 6) is 1.53. The van der Waals surface area contributed by atoms with Crippen LogP contribution in [0, 0.1) is 0 Å². The maximum Gasteiger partial charge on any atom is 0.224 e. The van der Waals surface area contributed by atoms with Crippen molar-refractivity contribution in [1.82, 2.24) is 14.1 Å². The van der Waals surface area contributed by atoms with Crippen LogP contribution in [0.4, 0.5) is 5.69 Å². The van der Waals surface area contributed by atoms with Gasteiger partial charge in [0.25, 0.3) is 0 Å². The predicted octanol–water partition coefficient (Wildman–Crippen LogP) is 6.79. The molecule has 1 amide bonds. The molecule has 0 saturated carbocycles. The van der Waals surface area contributed by atoms with Gasteiger partial charge in [-0.3, -0.25) is 9.78 Å². The molecule has 7 nitrogen and oxygen atoms in total. The SMILES string of the molecule is COc1ccc2c(c1)c(C(CCC(=O)Nc1cccc3cccnc13)c1cn(C)c3ccc(OC)cc13)cn2C. The van der Waals surface area contributed by atoms with Gasteiger partial charge in [0.2, 0.25) is 5.91 Å². The highest BCUT2D eigenvalue weighted by Gasteiger charge is 2.25. The van der Waals surface area contributed by atoms with E-state index in [1.54, 1.807) is 20.4 Å². The summed E-state index contributed by atoms with van der Waals surface area (Å²) in [6, 6.07) is 22.0. The summed E-state index contributed by atoms with van der Waals surface area (Å²) in [5, 5.41) is 6.34. The van der Waals surface area contributed by atoms with Gasteiger partial charge in [0.15, 0.2) is 0 Å². The molecule has 40 heavy (non-hydrogen) atoms. The summed E-state index contributed by atoms with van der Waals surface area (Å²) in [4.78, 5) is 17.9. The lowest BCUT2D eigenvalue weighted by Crippen LogP contribution is -2.14. The second kappa shape index (κ2) is 10.4. The number of ether oxygens (including phenoxy) is 2. The van der Waals surface area contributed by atoms with Crippen molar-refractivity contribution in [2.24, 2.45) is 14.1 Å². The molecule has 0 bridgehead atoms. The van der Waals surface area contributed by atoms with E-state index in [9.17, 15) is 4.79 Å². The molecule has 7 heteroatoms. The molecule has 6 rings (SSSR count). The number of pyridine rings is 1. The number of hydrogen-bond acceptors (Lipinski definition) is 4. The molecule has 202 valence electrons. The second-order valence-electron chi connectivity index (χ2n) is 10.2. The molecule has 0 spiro atoms. The van der Waals surface area contributed by atoms with Gasteiger partial charge in [0.1, 0.15) is 11.5 Å². The number of nitrogens with one attached hydrogen (secondary N) is 1. The van der Waals surface area contributed by atoms with Crippen LogP contribution >= 0.6 is 0 Å². The van der Waals surface area contributed by atoms with Gasteiger partial charge in [-0.25, -0.2) is 0 Å². The van der Waals surface area contributed by atoms with E-state index in [4.69, 9.17) is 9.47 Å². The van der Waals surface area contributed by atoms with E-state index in [2.05, 4.69) is 70.2 Å². The van der Waals surface area contributed by atoms with Gasteiger partial charge in [0.05, 0.1) is 25.4 Å². The fourth-order valence-electron chi connectivity index (χ4n) is 5.78. The summed E-state index contributed by atoms with van der Waals surface area (Å²) >= 11 is 0. The molecule has 0 radical (unpaired) electrons.